The first kappa shape index (κ1) is 17.1. The van der Waals surface area contributed by atoms with Gasteiger partial charge in [0.2, 0.25) is 5.91 Å². The molecule has 0 radical (unpaired) electrons. The van der Waals surface area contributed by atoms with Crippen molar-refractivity contribution in [1.82, 2.24) is 14.3 Å². The van der Waals surface area contributed by atoms with E-state index in [4.69, 9.17) is 0 Å². The first-order chi connectivity index (χ1) is 13.0. The van der Waals surface area contributed by atoms with Gasteiger partial charge in [0.05, 0.1) is 11.4 Å². The number of hydrogen-bond donors (Lipinski definition) is 1. The summed E-state index contributed by atoms with van der Waals surface area (Å²) in [6.45, 7) is -0.395. The molecule has 27 heavy (non-hydrogen) atoms. The number of rotatable bonds is 5. The molecule has 1 aliphatic carbocycles. The lowest BCUT2D eigenvalue weighted by Gasteiger charge is -2.06. The molecule has 1 N–H and O–H groups in total. The standard InChI is InChI=1S/C19H16F2N4O2/c20-13-8-9-15(21)16(10-13)22-17(26)11-24-19(27)25(14-4-2-1-3-5-14)18(23-24)12-6-7-12/h1-5,8-10,12H,6-7,11H2,(H,22,26). The van der Waals surface area contributed by atoms with E-state index in [-0.39, 0.29) is 11.6 Å². The van der Waals surface area contributed by atoms with Crippen LogP contribution in [0.1, 0.15) is 24.6 Å². The molecular weight excluding hydrogens is 354 g/mol. The Morgan fingerprint density at radius 3 is 2.59 bits per heavy atom. The van der Waals surface area contributed by atoms with Crippen molar-refractivity contribution in [2.24, 2.45) is 0 Å². The van der Waals surface area contributed by atoms with E-state index in [2.05, 4.69) is 10.4 Å². The molecule has 1 aliphatic rings. The number of halogens is 2. The van der Waals surface area contributed by atoms with Crippen LogP contribution in [-0.4, -0.2) is 20.3 Å². The van der Waals surface area contributed by atoms with Crippen molar-refractivity contribution in [2.45, 2.75) is 25.3 Å². The summed E-state index contributed by atoms with van der Waals surface area (Å²) in [4.78, 5) is 25.0. The number of carbonyl (C=O) groups excluding carboxylic acids is 1. The van der Waals surface area contributed by atoms with Gasteiger partial charge in [-0.2, -0.15) is 5.10 Å². The lowest BCUT2D eigenvalue weighted by molar-refractivity contribution is -0.117. The molecule has 1 heterocycles. The van der Waals surface area contributed by atoms with Crippen molar-refractivity contribution >= 4 is 11.6 Å². The third kappa shape index (κ3) is 3.51. The maximum Gasteiger partial charge on any atom is 0.351 e. The van der Waals surface area contributed by atoms with Gasteiger partial charge in [-0.25, -0.2) is 22.8 Å². The van der Waals surface area contributed by atoms with E-state index >= 15 is 0 Å². The van der Waals surface area contributed by atoms with Crippen LogP contribution in [0.4, 0.5) is 14.5 Å². The molecule has 1 amide bonds. The highest BCUT2D eigenvalue weighted by atomic mass is 19.1. The Morgan fingerprint density at radius 2 is 1.89 bits per heavy atom. The van der Waals surface area contributed by atoms with Gasteiger partial charge in [0.15, 0.2) is 0 Å². The summed E-state index contributed by atoms with van der Waals surface area (Å²) in [6.07, 6.45) is 1.87. The molecule has 6 nitrogen and oxygen atoms in total. The number of para-hydroxylation sites is 1. The number of nitrogens with zero attached hydrogens (tertiary/aromatic N) is 3. The highest BCUT2D eigenvalue weighted by molar-refractivity contribution is 5.90. The van der Waals surface area contributed by atoms with Crippen LogP contribution in [0.3, 0.4) is 0 Å². The molecule has 4 rings (SSSR count). The Labute approximate surface area is 153 Å². The SMILES string of the molecule is O=C(Cn1nc(C2CC2)n(-c2ccccc2)c1=O)Nc1cc(F)ccc1F. The highest BCUT2D eigenvalue weighted by Gasteiger charge is 2.31. The number of amides is 1. The van der Waals surface area contributed by atoms with E-state index in [0.717, 1.165) is 35.7 Å². The van der Waals surface area contributed by atoms with Gasteiger partial charge in [0.1, 0.15) is 24.0 Å². The Hall–Kier alpha value is -3.29. The minimum Gasteiger partial charge on any atom is -0.322 e. The number of anilines is 1. The Bertz CT molecular complexity index is 1060. The van der Waals surface area contributed by atoms with Gasteiger partial charge in [0, 0.05) is 12.0 Å². The van der Waals surface area contributed by atoms with Gasteiger partial charge in [-0.15, -0.1) is 0 Å². The summed E-state index contributed by atoms with van der Waals surface area (Å²) in [7, 11) is 0. The molecule has 0 atom stereocenters. The monoisotopic (exact) mass is 370 g/mol. The maximum absolute atomic E-state index is 13.7. The van der Waals surface area contributed by atoms with Crippen LogP contribution in [0.5, 0.6) is 0 Å². The van der Waals surface area contributed by atoms with E-state index in [1.165, 1.54) is 4.57 Å². The van der Waals surface area contributed by atoms with Crippen molar-refractivity contribution in [3.63, 3.8) is 0 Å². The topological polar surface area (TPSA) is 68.9 Å². The molecule has 0 bridgehead atoms. The molecule has 138 valence electrons. The lowest BCUT2D eigenvalue weighted by Crippen LogP contribution is -2.30. The van der Waals surface area contributed by atoms with Crippen LogP contribution in [0.25, 0.3) is 5.69 Å². The molecule has 8 heteroatoms. The molecule has 1 aromatic heterocycles. The van der Waals surface area contributed by atoms with Crippen LogP contribution < -0.4 is 11.0 Å². The number of aromatic nitrogens is 3. The third-order valence-corrected chi connectivity index (χ3v) is 4.32. The summed E-state index contributed by atoms with van der Waals surface area (Å²) in [6, 6.07) is 11.8. The predicted molar refractivity (Wildman–Crippen MR) is 94.8 cm³/mol. The number of benzene rings is 2. The fourth-order valence-corrected chi connectivity index (χ4v) is 2.87. The summed E-state index contributed by atoms with van der Waals surface area (Å²) >= 11 is 0. The quantitative estimate of drug-likeness (QED) is 0.751. The molecule has 0 aliphatic heterocycles. The second-order valence-electron chi connectivity index (χ2n) is 6.42. The van der Waals surface area contributed by atoms with Crippen LogP contribution >= 0.6 is 0 Å². The summed E-state index contributed by atoms with van der Waals surface area (Å²) in [5, 5.41) is 6.59. The molecule has 0 saturated heterocycles. The molecule has 1 saturated carbocycles. The molecular formula is C19H16F2N4O2. The zero-order chi connectivity index (χ0) is 19.0. The van der Waals surface area contributed by atoms with Crippen molar-refractivity contribution in [2.75, 3.05) is 5.32 Å². The highest BCUT2D eigenvalue weighted by Crippen LogP contribution is 2.39. The first-order valence-electron chi connectivity index (χ1n) is 8.53. The second kappa shape index (κ2) is 6.79. The largest absolute Gasteiger partial charge is 0.351 e. The predicted octanol–water partition coefficient (Wildman–Crippen LogP) is 2.83. The van der Waals surface area contributed by atoms with Gasteiger partial charge in [-0.1, -0.05) is 18.2 Å². The maximum atomic E-state index is 13.7. The van der Waals surface area contributed by atoms with E-state index in [1.807, 2.05) is 18.2 Å². The summed E-state index contributed by atoms with van der Waals surface area (Å²) in [5.74, 6) is -1.31. The molecule has 0 unspecified atom stereocenters. The summed E-state index contributed by atoms with van der Waals surface area (Å²) in [5.41, 5.74) is -0.0526. The smallest absolute Gasteiger partial charge is 0.322 e. The van der Waals surface area contributed by atoms with Gasteiger partial charge < -0.3 is 5.32 Å². The average molecular weight is 370 g/mol. The second-order valence-corrected chi connectivity index (χ2v) is 6.42. The van der Waals surface area contributed by atoms with Crippen molar-refractivity contribution in [3.8, 4) is 5.69 Å². The third-order valence-electron chi connectivity index (χ3n) is 4.32. The molecule has 2 aromatic carbocycles. The van der Waals surface area contributed by atoms with Crippen molar-refractivity contribution in [1.29, 1.82) is 0 Å². The zero-order valence-corrected chi connectivity index (χ0v) is 14.2. The number of nitrogens with one attached hydrogen (secondary N) is 1. The van der Waals surface area contributed by atoms with Crippen LogP contribution in [0.2, 0.25) is 0 Å². The zero-order valence-electron chi connectivity index (χ0n) is 14.2. The summed E-state index contributed by atoms with van der Waals surface area (Å²) < 4.78 is 29.5. The van der Waals surface area contributed by atoms with E-state index in [0.29, 0.717) is 11.5 Å². The number of carbonyl (C=O) groups is 1. The molecule has 1 fully saturated rings. The Balaban J connectivity index is 1.62. The molecule has 0 spiro atoms. The fourth-order valence-electron chi connectivity index (χ4n) is 2.87. The Kier molecular flexibility index (Phi) is 4.31. The Morgan fingerprint density at radius 1 is 1.15 bits per heavy atom. The van der Waals surface area contributed by atoms with Crippen LogP contribution in [0, 0.1) is 11.6 Å². The first-order valence-corrected chi connectivity index (χ1v) is 8.53. The lowest BCUT2D eigenvalue weighted by atomic mass is 10.3. The van der Waals surface area contributed by atoms with Crippen LogP contribution in [0.15, 0.2) is 53.3 Å². The fraction of sp³-hybridized carbons (Fsp3) is 0.211. The van der Waals surface area contributed by atoms with Gasteiger partial charge in [-0.3, -0.25) is 4.79 Å². The van der Waals surface area contributed by atoms with Crippen molar-refractivity contribution in [3.05, 3.63) is 76.5 Å². The van der Waals surface area contributed by atoms with Crippen molar-refractivity contribution < 1.29 is 13.6 Å². The molecule has 3 aromatic rings. The average Bonchev–Trinajstić information content (AvgIpc) is 3.44. The van der Waals surface area contributed by atoms with E-state index < -0.39 is 29.8 Å². The van der Waals surface area contributed by atoms with Gasteiger partial charge in [0.25, 0.3) is 0 Å². The van der Waals surface area contributed by atoms with Gasteiger partial charge >= 0.3 is 5.69 Å². The van der Waals surface area contributed by atoms with Gasteiger partial charge in [-0.05, 0) is 37.1 Å². The normalized spacial score (nSPS) is 13.6. The minimum atomic E-state index is -0.759. The van der Waals surface area contributed by atoms with E-state index in [1.54, 1.807) is 12.1 Å². The number of hydrogen-bond acceptors (Lipinski definition) is 3. The minimum absolute atomic E-state index is 0.183. The van der Waals surface area contributed by atoms with E-state index in [9.17, 15) is 18.4 Å². The van der Waals surface area contributed by atoms with Crippen LogP contribution in [-0.2, 0) is 11.3 Å².